The van der Waals surface area contributed by atoms with Gasteiger partial charge in [0.2, 0.25) is 5.91 Å². The minimum atomic E-state index is -3.52. The van der Waals surface area contributed by atoms with Crippen LogP contribution >= 0.6 is 15.9 Å². The van der Waals surface area contributed by atoms with Crippen LogP contribution in [0.3, 0.4) is 0 Å². The molecule has 116 valence electrons. The molecule has 0 spiro atoms. The van der Waals surface area contributed by atoms with Gasteiger partial charge in [-0.25, -0.2) is 8.42 Å². The maximum absolute atomic E-state index is 12.2. The molecule has 1 heterocycles. The lowest BCUT2D eigenvalue weighted by Crippen LogP contribution is -2.37. The van der Waals surface area contributed by atoms with E-state index in [1.165, 1.54) is 6.92 Å². The van der Waals surface area contributed by atoms with Crippen molar-refractivity contribution >= 4 is 37.4 Å². The van der Waals surface area contributed by atoms with Gasteiger partial charge in [-0.3, -0.25) is 4.79 Å². The molecule has 2 rings (SSSR count). The zero-order chi connectivity index (χ0) is 15.5. The molecule has 1 saturated heterocycles. The standard InChI is InChI=1S/C14H18BrNO4S/c1-10(21(18,19)9-13-6-3-7-20-13)14(17)16-12-5-2-4-11(15)8-12/h2,4-5,8,10,13H,3,6-7,9H2,1H3,(H,16,17)/t10-,13+/m1/s1. The van der Waals surface area contributed by atoms with E-state index in [0.29, 0.717) is 12.3 Å². The Bertz CT molecular complexity index is 611. The highest BCUT2D eigenvalue weighted by molar-refractivity contribution is 9.10. The Balaban J connectivity index is 2.00. The van der Waals surface area contributed by atoms with Crippen molar-refractivity contribution in [2.45, 2.75) is 31.1 Å². The van der Waals surface area contributed by atoms with Crippen molar-refractivity contribution in [3.63, 3.8) is 0 Å². The first-order chi connectivity index (χ1) is 9.88. The average molecular weight is 376 g/mol. The molecule has 0 saturated carbocycles. The van der Waals surface area contributed by atoms with Gasteiger partial charge < -0.3 is 10.1 Å². The number of rotatable bonds is 5. The Hall–Kier alpha value is -0.920. The molecule has 0 bridgehead atoms. The lowest BCUT2D eigenvalue weighted by atomic mass is 10.3. The first-order valence-electron chi connectivity index (χ1n) is 6.78. The van der Waals surface area contributed by atoms with Gasteiger partial charge >= 0.3 is 0 Å². The lowest BCUT2D eigenvalue weighted by Gasteiger charge is -2.16. The molecule has 1 aromatic carbocycles. The predicted octanol–water partition coefficient (Wildman–Crippen LogP) is 2.37. The topological polar surface area (TPSA) is 72.5 Å². The van der Waals surface area contributed by atoms with Crippen molar-refractivity contribution in [2.75, 3.05) is 17.7 Å². The summed E-state index contributed by atoms with van der Waals surface area (Å²) < 4.78 is 30.6. The summed E-state index contributed by atoms with van der Waals surface area (Å²) in [5.74, 6) is -0.619. The lowest BCUT2D eigenvalue weighted by molar-refractivity contribution is -0.115. The summed E-state index contributed by atoms with van der Waals surface area (Å²) in [5, 5.41) is 1.53. The Morgan fingerprint density at radius 1 is 1.52 bits per heavy atom. The van der Waals surface area contributed by atoms with Crippen molar-refractivity contribution in [1.29, 1.82) is 0 Å². The van der Waals surface area contributed by atoms with Crippen LogP contribution in [-0.2, 0) is 19.4 Å². The van der Waals surface area contributed by atoms with Crippen molar-refractivity contribution in [3.8, 4) is 0 Å². The molecule has 0 aromatic heterocycles. The quantitative estimate of drug-likeness (QED) is 0.857. The average Bonchev–Trinajstić information content (AvgIpc) is 2.89. The number of halogens is 1. The molecule has 1 fully saturated rings. The highest BCUT2D eigenvalue weighted by Crippen LogP contribution is 2.19. The third kappa shape index (κ3) is 4.52. The maximum atomic E-state index is 12.2. The van der Waals surface area contributed by atoms with E-state index in [0.717, 1.165) is 17.3 Å². The van der Waals surface area contributed by atoms with E-state index in [1.54, 1.807) is 18.2 Å². The van der Waals surface area contributed by atoms with Crippen LogP contribution in [0.25, 0.3) is 0 Å². The molecule has 1 aliphatic rings. The number of carbonyl (C=O) groups is 1. The Labute approximate surface area is 133 Å². The molecule has 5 nitrogen and oxygen atoms in total. The second kappa shape index (κ2) is 6.89. The SMILES string of the molecule is C[C@H](C(=O)Nc1cccc(Br)c1)S(=O)(=O)C[C@@H]1CCCO1. The number of hydrogen-bond donors (Lipinski definition) is 1. The van der Waals surface area contributed by atoms with Crippen LogP contribution in [0.15, 0.2) is 28.7 Å². The number of amides is 1. The van der Waals surface area contributed by atoms with E-state index < -0.39 is 21.0 Å². The second-order valence-electron chi connectivity index (χ2n) is 5.11. The zero-order valence-electron chi connectivity index (χ0n) is 11.7. The smallest absolute Gasteiger partial charge is 0.242 e. The summed E-state index contributed by atoms with van der Waals surface area (Å²) in [4.78, 5) is 12.1. The normalized spacial score (nSPS) is 20.2. The molecule has 1 aliphatic heterocycles. The first-order valence-corrected chi connectivity index (χ1v) is 9.29. The van der Waals surface area contributed by atoms with Crippen LogP contribution in [-0.4, -0.2) is 38.0 Å². The van der Waals surface area contributed by atoms with Crippen LogP contribution in [0.5, 0.6) is 0 Å². The number of hydrogen-bond acceptors (Lipinski definition) is 4. The largest absolute Gasteiger partial charge is 0.377 e. The molecular weight excluding hydrogens is 358 g/mol. The van der Waals surface area contributed by atoms with Crippen molar-refractivity contribution in [2.24, 2.45) is 0 Å². The summed E-state index contributed by atoms with van der Waals surface area (Å²) in [6, 6.07) is 7.03. The second-order valence-corrected chi connectivity index (χ2v) is 8.39. The molecule has 0 aliphatic carbocycles. The molecule has 1 N–H and O–H groups in total. The van der Waals surface area contributed by atoms with Gasteiger partial charge in [-0.05, 0) is 38.0 Å². The van der Waals surface area contributed by atoms with Gasteiger partial charge in [0.05, 0.1) is 11.9 Å². The molecular formula is C14H18BrNO4S. The Morgan fingerprint density at radius 3 is 2.90 bits per heavy atom. The van der Waals surface area contributed by atoms with Crippen molar-refractivity contribution in [3.05, 3.63) is 28.7 Å². The van der Waals surface area contributed by atoms with Gasteiger partial charge in [0.25, 0.3) is 0 Å². The van der Waals surface area contributed by atoms with Crippen molar-refractivity contribution in [1.82, 2.24) is 0 Å². The van der Waals surface area contributed by atoms with Gasteiger partial charge in [-0.15, -0.1) is 0 Å². The Kier molecular flexibility index (Phi) is 5.40. The van der Waals surface area contributed by atoms with Gasteiger partial charge in [0, 0.05) is 16.8 Å². The summed E-state index contributed by atoms with van der Waals surface area (Å²) in [6.45, 7) is 2.01. The molecule has 1 aromatic rings. The minimum Gasteiger partial charge on any atom is -0.377 e. The van der Waals surface area contributed by atoms with E-state index in [4.69, 9.17) is 4.74 Å². The van der Waals surface area contributed by atoms with Crippen LogP contribution in [0, 0.1) is 0 Å². The third-order valence-corrected chi connectivity index (χ3v) is 6.06. The number of benzene rings is 1. The highest BCUT2D eigenvalue weighted by atomic mass is 79.9. The first kappa shape index (κ1) is 16.5. The fourth-order valence-corrected chi connectivity index (χ4v) is 4.01. The van der Waals surface area contributed by atoms with Gasteiger partial charge in [-0.1, -0.05) is 22.0 Å². The fourth-order valence-electron chi connectivity index (χ4n) is 2.15. The summed E-state index contributed by atoms with van der Waals surface area (Å²) >= 11 is 3.30. The number of sulfone groups is 1. The van der Waals surface area contributed by atoms with Crippen LogP contribution in [0.2, 0.25) is 0 Å². The summed E-state index contributed by atoms with van der Waals surface area (Å²) in [7, 11) is -3.52. The molecule has 2 atom stereocenters. The van der Waals surface area contributed by atoms with Crippen LogP contribution in [0.4, 0.5) is 5.69 Å². The fraction of sp³-hybridized carbons (Fsp3) is 0.500. The van der Waals surface area contributed by atoms with E-state index in [9.17, 15) is 13.2 Å². The summed E-state index contributed by atoms with van der Waals surface area (Å²) in [6.07, 6.45) is 1.33. The Morgan fingerprint density at radius 2 is 2.29 bits per heavy atom. The number of nitrogens with one attached hydrogen (secondary N) is 1. The third-order valence-electron chi connectivity index (χ3n) is 3.44. The van der Waals surface area contributed by atoms with Crippen LogP contribution in [0.1, 0.15) is 19.8 Å². The predicted molar refractivity (Wildman–Crippen MR) is 85.0 cm³/mol. The van der Waals surface area contributed by atoms with E-state index in [-0.39, 0.29) is 11.9 Å². The number of carbonyl (C=O) groups excluding carboxylic acids is 1. The summed E-state index contributed by atoms with van der Waals surface area (Å²) in [5.41, 5.74) is 0.563. The molecule has 21 heavy (non-hydrogen) atoms. The van der Waals surface area contributed by atoms with Gasteiger partial charge in [0.15, 0.2) is 9.84 Å². The molecule has 1 amide bonds. The maximum Gasteiger partial charge on any atom is 0.242 e. The van der Waals surface area contributed by atoms with Crippen LogP contribution < -0.4 is 5.32 Å². The number of ether oxygens (including phenoxy) is 1. The molecule has 7 heteroatoms. The number of anilines is 1. The highest BCUT2D eigenvalue weighted by Gasteiger charge is 2.32. The molecule has 0 unspecified atom stereocenters. The van der Waals surface area contributed by atoms with E-state index in [2.05, 4.69) is 21.2 Å². The molecule has 0 radical (unpaired) electrons. The van der Waals surface area contributed by atoms with E-state index >= 15 is 0 Å². The van der Waals surface area contributed by atoms with Crippen molar-refractivity contribution < 1.29 is 17.9 Å². The minimum absolute atomic E-state index is 0.0972. The van der Waals surface area contributed by atoms with Gasteiger partial charge in [-0.2, -0.15) is 0 Å². The van der Waals surface area contributed by atoms with Gasteiger partial charge in [0.1, 0.15) is 5.25 Å². The zero-order valence-corrected chi connectivity index (χ0v) is 14.1. The van der Waals surface area contributed by atoms with E-state index in [1.807, 2.05) is 6.07 Å². The monoisotopic (exact) mass is 375 g/mol.